The number of piperidine rings is 1. The molecule has 2 unspecified atom stereocenters. The number of methoxy groups -OCH3 is 2. The molecule has 1 aliphatic rings. The summed E-state index contributed by atoms with van der Waals surface area (Å²) >= 11 is 6.20. The van der Waals surface area contributed by atoms with Crippen molar-refractivity contribution in [2.24, 2.45) is 5.92 Å². The number of benzene rings is 1. The van der Waals surface area contributed by atoms with Gasteiger partial charge in [-0.15, -0.1) is 11.6 Å². The number of halogens is 1. The van der Waals surface area contributed by atoms with Crippen LogP contribution in [0.2, 0.25) is 0 Å². The minimum Gasteiger partial charge on any atom is -0.493 e. The molecule has 5 heteroatoms. The van der Waals surface area contributed by atoms with Crippen molar-refractivity contribution < 1.29 is 14.3 Å². The van der Waals surface area contributed by atoms with Gasteiger partial charge in [-0.2, -0.15) is 0 Å². The normalized spacial score (nSPS) is 22.0. The van der Waals surface area contributed by atoms with Crippen LogP contribution < -0.4 is 9.47 Å². The zero-order chi connectivity index (χ0) is 15.4. The third kappa shape index (κ3) is 3.82. The Hall–Kier alpha value is -1.42. The van der Waals surface area contributed by atoms with Crippen molar-refractivity contribution >= 4 is 17.5 Å². The van der Waals surface area contributed by atoms with Gasteiger partial charge in [-0.25, -0.2) is 0 Å². The van der Waals surface area contributed by atoms with Crippen molar-refractivity contribution in [1.82, 2.24) is 4.90 Å². The maximum Gasteiger partial charge on any atom is 0.227 e. The molecule has 0 N–H and O–H groups in total. The number of ether oxygens (including phenoxy) is 2. The summed E-state index contributed by atoms with van der Waals surface area (Å²) in [5, 5.41) is 0.176. The largest absolute Gasteiger partial charge is 0.493 e. The molecule has 1 aromatic rings. The predicted octanol–water partition coefficient (Wildman–Crippen LogP) is 2.72. The summed E-state index contributed by atoms with van der Waals surface area (Å²) in [7, 11) is 3.19. The summed E-state index contributed by atoms with van der Waals surface area (Å²) in [6.45, 7) is 3.57. The van der Waals surface area contributed by atoms with Crippen LogP contribution in [-0.2, 0) is 11.2 Å². The zero-order valence-electron chi connectivity index (χ0n) is 12.8. The zero-order valence-corrected chi connectivity index (χ0v) is 13.5. The second-order valence-electron chi connectivity index (χ2n) is 5.49. The van der Waals surface area contributed by atoms with Crippen LogP contribution in [0.25, 0.3) is 0 Å². The second-order valence-corrected chi connectivity index (χ2v) is 6.05. The first kappa shape index (κ1) is 16.0. The lowest BCUT2D eigenvalue weighted by atomic mass is 9.99. The van der Waals surface area contributed by atoms with Gasteiger partial charge in [-0.05, 0) is 30.0 Å². The van der Waals surface area contributed by atoms with Gasteiger partial charge in [0.25, 0.3) is 0 Å². The number of alkyl halides is 1. The summed E-state index contributed by atoms with van der Waals surface area (Å²) in [6.07, 6.45) is 1.24. The monoisotopic (exact) mass is 311 g/mol. The molecule has 0 aromatic heterocycles. The molecule has 0 aliphatic carbocycles. The summed E-state index contributed by atoms with van der Waals surface area (Å²) in [6, 6.07) is 5.58. The quantitative estimate of drug-likeness (QED) is 0.803. The van der Waals surface area contributed by atoms with E-state index in [-0.39, 0.29) is 11.3 Å². The van der Waals surface area contributed by atoms with E-state index in [2.05, 4.69) is 6.92 Å². The molecular weight excluding hydrogens is 290 g/mol. The number of hydrogen-bond donors (Lipinski definition) is 0. The first-order valence-corrected chi connectivity index (χ1v) is 7.61. The third-order valence-electron chi connectivity index (χ3n) is 3.96. The average Bonchev–Trinajstić information content (AvgIpc) is 2.49. The molecule has 1 aromatic carbocycles. The molecule has 1 fully saturated rings. The van der Waals surface area contributed by atoms with Crippen molar-refractivity contribution in [3.8, 4) is 11.5 Å². The molecule has 1 aliphatic heterocycles. The Morgan fingerprint density at radius 3 is 2.67 bits per heavy atom. The predicted molar refractivity (Wildman–Crippen MR) is 83.3 cm³/mol. The maximum absolute atomic E-state index is 12.4. The highest BCUT2D eigenvalue weighted by Gasteiger charge is 2.27. The molecule has 1 amide bonds. The minimum atomic E-state index is 0.137. The van der Waals surface area contributed by atoms with Gasteiger partial charge in [-0.1, -0.05) is 13.0 Å². The van der Waals surface area contributed by atoms with Crippen molar-refractivity contribution in [3.05, 3.63) is 23.8 Å². The SMILES string of the molecule is COc1ccc(CC(=O)N2CCC(Cl)C(C)C2)cc1OC. The van der Waals surface area contributed by atoms with E-state index in [9.17, 15) is 4.79 Å². The topological polar surface area (TPSA) is 38.8 Å². The molecule has 0 spiro atoms. The number of rotatable bonds is 4. The lowest BCUT2D eigenvalue weighted by molar-refractivity contribution is -0.132. The Morgan fingerprint density at radius 1 is 1.33 bits per heavy atom. The van der Waals surface area contributed by atoms with E-state index in [0.717, 1.165) is 25.1 Å². The van der Waals surface area contributed by atoms with Gasteiger partial charge < -0.3 is 14.4 Å². The van der Waals surface area contributed by atoms with E-state index in [4.69, 9.17) is 21.1 Å². The lowest BCUT2D eigenvalue weighted by Gasteiger charge is -2.34. The van der Waals surface area contributed by atoms with Crippen molar-refractivity contribution in [3.63, 3.8) is 0 Å². The first-order chi connectivity index (χ1) is 10.0. The third-order valence-corrected chi connectivity index (χ3v) is 4.60. The van der Waals surface area contributed by atoms with Gasteiger partial charge in [0.05, 0.1) is 20.6 Å². The van der Waals surface area contributed by atoms with Crippen molar-refractivity contribution in [2.45, 2.75) is 25.1 Å². The van der Waals surface area contributed by atoms with Crippen molar-refractivity contribution in [1.29, 1.82) is 0 Å². The fourth-order valence-electron chi connectivity index (χ4n) is 2.62. The van der Waals surface area contributed by atoms with Crippen LogP contribution in [0, 0.1) is 5.92 Å². The minimum absolute atomic E-state index is 0.137. The Morgan fingerprint density at radius 2 is 2.05 bits per heavy atom. The molecule has 116 valence electrons. The van der Waals surface area contributed by atoms with E-state index in [1.165, 1.54) is 0 Å². The number of carbonyl (C=O) groups is 1. The molecule has 4 nitrogen and oxygen atoms in total. The fraction of sp³-hybridized carbons (Fsp3) is 0.562. The van der Waals surface area contributed by atoms with Gasteiger partial charge >= 0.3 is 0 Å². The van der Waals surface area contributed by atoms with Crippen molar-refractivity contribution in [2.75, 3.05) is 27.3 Å². The van der Waals surface area contributed by atoms with Gasteiger partial charge in [0, 0.05) is 18.5 Å². The average molecular weight is 312 g/mol. The summed E-state index contributed by atoms with van der Waals surface area (Å²) in [5.41, 5.74) is 0.929. The molecule has 0 bridgehead atoms. The summed E-state index contributed by atoms with van der Waals surface area (Å²) < 4.78 is 10.5. The highest BCUT2D eigenvalue weighted by atomic mass is 35.5. The Bertz CT molecular complexity index is 506. The van der Waals surface area contributed by atoms with Crippen LogP contribution in [-0.4, -0.2) is 43.5 Å². The summed E-state index contributed by atoms with van der Waals surface area (Å²) in [5.74, 6) is 1.80. The van der Waals surface area contributed by atoms with E-state index >= 15 is 0 Å². The molecule has 1 heterocycles. The smallest absolute Gasteiger partial charge is 0.227 e. The Kier molecular flexibility index (Phi) is 5.34. The van der Waals surface area contributed by atoms with Crippen LogP contribution >= 0.6 is 11.6 Å². The van der Waals surface area contributed by atoms with Gasteiger partial charge in [0.15, 0.2) is 11.5 Å². The van der Waals surface area contributed by atoms with Crippen LogP contribution in [0.3, 0.4) is 0 Å². The van der Waals surface area contributed by atoms with Gasteiger partial charge in [-0.3, -0.25) is 4.79 Å². The lowest BCUT2D eigenvalue weighted by Crippen LogP contribution is -2.44. The molecule has 0 saturated carbocycles. The van der Waals surface area contributed by atoms with E-state index in [1.807, 2.05) is 23.1 Å². The molecule has 2 rings (SSSR count). The van der Waals surface area contributed by atoms with E-state index in [1.54, 1.807) is 14.2 Å². The summed E-state index contributed by atoms with van der Waals surface area (Å²) in [4.78, 5) is 14.3. The highest BCUT2D eigenvalue weighted by Crippen LogP contribution is 2.28. The molecule has 1 saturated heterocycles. The van der Waals surface area contributed by atoms with E-state index < -0.39 is 0 Å². The second kappa shape index (κ2) is 7.03. The van der Waals surface area contributed by atoms with Crippen LogP contribution in [0.5, 0.6) is 11.5 Å². The number of hydrogen-bond acceptors (Lipinski definition) is 3. The standard InChI is InChI=1S/C16H22ClNO3/c1-11-10-18(7-6-13(11)17)16(19)9-12-4-5-14(20-2)15(8-12)21-3/h4-5,8,11,13H,6-7,9-10H2,1-3H3. The van der Waals surface area contributed by atoms with Gasteiger partial charge in [0.1, 0.15) is 0 Å². The molecule has 2 atom stereocenters. The number of likely N-dealkylation sites (tertiary alicyclic amines) is 1. The Balaban J connectivity index is 2.02. The number of amides is 1. The molecule has 21 heavy (non-hydrogen) atoms. The Labute approximate surface area is 131 Å². The molecular formula is C16H22ClNO3. The van der Waals surface area contributed by atoms with Crippen LogP contribution in [0.15, 0.2) is 18.2 Å². The molecule has 0 radical (unpaired) electrons. The van der Waals surface area contributed by atoms with E-state index in [0.29, 0.717) is 23.8 Å². The van der Waals surface area contributed by atoms with Crippen LogP contribution in [0.1, 0.15) is 18.9 Å². The van der Waals surface area contributed by atoms with Gasteiger partial charge in [0.2, 0.25) is 5.91 Å². The number of nitrogens with zero attached hydrogens (tertiary/aromatic N) is 1. The maximum atomic E-state index is 12.4. The highest BCUT2D eigenvalue weighted by molar-refractivity contribution is 6.20. The fourth-order valence-corrected chi connectivity index (χ4v) is 2.80. The number of carbonyl (C=O) groups excluding carboxylic acids is 1. The van der Waals surface area contributed by atoms with Crippen LogP contribution in [0.4, 0.5) is 0 Å². The first-order valence-electron chi connectivity index (χ1n) is 7.18.